The molecule has 30 heavy (non-hydrogen) atoms. The van der Waals surface area contributed by atoms with E-state index < -0.39 is 0 Å². The molecule has 0 radical (unpaired) electrons. The van der Waals surface area contributed by atoms with Gasteiger partial charge in [-0.05, 0) is 77.7 Å². The Kier molecular flexibility index (Phi) is 7.81. The van der Waals surface area contributed by atoms with Gasteiger partial charge in [-0.15, -0.1) is 0 Å². The molecular weight excluding hydrogens is 466 g/mol. The smallest absolute Gasteiger partial charge is 0.257 e. The van der Waals surface area contributed by atoms with E-state index in [1.54, 1.807) is 30.3 Å². The molecule has 1 saturated heterocycles. The Bertz CT molecular complexity index is 945. The normalized spacial score (nSPS) is 13.1. The average Bonchev–Trinajstić information content (AvgIpc) is 3.27. The van der Waals surface area contributed by atoms with Crippen LogP contribution in [0, 0.1) is 0 Å². The van der Waals surface area contributed by atoms with Crippen molar-refractivity contribution in [3.05, 3.63) is 58.1 Å². The molecule has 0 unspecified atom stereocenters. The number of nitrogens with zero attached hydrogens (tertiary/aromatic N) is 1. The topological polar surface area (TPSA) is 70.7 Å². The van der Waals surface area contributed by atoms with Crippen LogP contribution in [0.5, 0.6) is 5.75 Å². The van der Waals surface area contributed by atoms with Gasteiger partial charge in [0.15, 0.2) is 5.11 Å². The minimum Gasteiger partial charge on any atom is -0.492 e. The molecule has 1 aliphatic rings. The molecule has 0 aromatic heterocycles. The van der Waals surface area contributed by atoms with Gasteiger partial charge in [0, 0.05) is 18.7 Å². The first-order valence-corrected chi connectivity index (χ1v) is 11.1. The number of carbonyl (C=O) groups excluding carboxylic acids is 2. The number of para-hydroxylation sites is 1. The van der Waals surface area contributed by atoms with Gasteiger partial charge in [0.25, 0.3) is 11.8 Å². The van der Waals surface area contributed by atoms with Gasteiger partial charge in [-0.25, -0.2) is 0 Å². The second-order valence-corrected chi connectivity index (χ2v) is 8.21. The highest BCUT2D eigenvalue weighted by atomic mass is 79.9. The highest BCUT2D eigenvalue weighted by Crippen LogP contribution is 2.26. The number of amides is 2. The lowest BCUT2D eigenvalue weighted by molar-refractivity contribution is 0.0793. The van der Waals surface area contributed by atoms with Crippen LogP contribution in [0.1, 0.15) is 46.9 Å². The van der Waals surface area contributed by atoms with Crippen molar-refractivity contribution in [3.63, 3.8) is 0 Å². The van der Waals surface area contributed by atoms with E-state index in [9.17, 15) is 9.59 Å². The van der Waals surface area contributed by atoms with Crippen LogP contribution in [0.25, 0.3) is 0 Å². The second-order valence-electron chi connectivity index (χ2n) is 6.95. The molecule has 1 fully saturated rings. The van der Waals surface area contributed by atoms with Crippen molar-refractivity contribution in [3.8, 4) is 5.75 Å². The molecule has 0 atom stereocenters. The number of likely N-dealkylation sites (tertiary alicyclic amines) is 1. The zero-order valence-electron chi connectivity index (χ0n) is 16.7. The van der Waals surface area contributed by atoms with Crippen molar-refractivity contribution in [2.45, 2.75) is 26.2 Å². The van der Waals surface area contributed by atoms with Gasteiger partial charge >= 0.3 is 0 Å². The van der Waals surface area contributed by atoms with Gasteiger partial charge in [-0.2, -0.15) is 0 Å². The van der Waals surface area contributed by atoms with Crippen LogP contribution >= 0.6 is 28.1 Å². The number of rotatable bonds is 6. The van der Waals surface area contributed by atoms with Crippen molar-refractivity contribution >= 4 is 50.8 Å². The standard InChI is InChI=1S/C22H24BrN3O3S/c1-2-13-29-19-10-9-15(14-17(19)23)20(27)25-22(30)24-18-8-4-3-7-16(18)21(28)26-11-5-6-12-26/h3-4,7-10,14H,2,5-6,11-13H2,1H3,(H2,24,25,27,30). The number of benzene rings is 2. The van der Waals surface area contributed by atoms with E-state index in [0.717, 1.165) is 32.4 Å². The molecule has 0 saturated carbocycles. The van der Waals surface area contributed by atoms with E-state index >= 15 is 0 Å². The summed E-state index contributed by atoms with van der Waals surface area (Å²) in [5, 5.41) is 5.78. The molecule has 0 bridgehead atoms. The van der Waals surface area contributed by atoms with Crippen LogP contribution in [0.2, 0.25) is 0 Å². The van der Waals surface area contributed by atoms with Crippen molar-refractivity contribution < 1.29 is 14.3 Å². The molecule has 0 aliphatic carbocycles. The molecule has 0 spiro atoms. The van der Waals surface area contributed by atoms with Crippen molar-refractivity contribution in [1.82, 2.24) is 10.2 Å². The number of halogens is 1. The molecule has 1 aliphatic heterocycles. The number of carbonyl (C=O) groups is 2. The van der Waals surface area contributed by atoms with Gasteiger partial charge in [0.2, 0.25) is 0 Å². The largest absolute Gasteiger partial charge is 0.492 e. The Morgan fingerprint density at radius 2 is 1.90 bits per heavy atom. The van der Waals surface area contributed by atoms with E-state index in [0.29, 0.717) is 33.6 Å². The maximum Gasteiger partial charge on any atom is 0.257 e. The highest BCUT2D eigenvalue weighted by molar-refractivity contribution is 9.10. The van der Waals surface area contributed by atoms with Crippen LogP contribution in [0.15, 0.2) is 46.9 Å². The predicted molar refractivity (Wildman–Crippen MR) is 125 cm³/mol. The third-order valence-corrected chi connectivity index (χ3v) is 5.51. The summed E-state index contributed by atoms with van der Waals surface area (Å²) in [6.07, 6.45) is 2.94. The fourth-order valence-corrected chi connectivity index (χ4v) is 3.87. The first-order chi connectivity index (χ1) is 14.5. The highest BCUT2D eigenvalue weighted by Gasteiger charge is 2.22. The number of nitrogens with one attached hydrogen (secondary N) is 2. The number of thiocarbonyl (C=S) groups is 1. The molecular formula is C22H24BrN3O3S. The quantitative estimate of drug-likeness (QED) is 0.580. The minimum absolute atomic E-state index is 0.0312. The van der Waals surface area contributed by atoms with Crippen LogP contribution < -0.4 is 15.4 Å². The average molecular weight is 490 g/mol. The SMILES string of the molecule is CCCOc1ccc(C(=O)NC(=S)Nc2ccccc2C(=O)N2CCCC2)cc1Br. The summed E-state index contributed by atoms with van der Waals surface area (Å²) >= 11 is 8.73. The van der Waals surface area contributed by atoms with E-state index in [1.807, 2.05) is 24.0 Å². The van der Waals surface area contributed by atoms with Crippen LogP contribution in [-0.4, -0.2) is 41.5 Å². The fourth-order valence-electron chi connectivity index (χ4n) is 3.17. The zero-order valence-corrected chi connectivity index (χ0v) is 19.1. The van der Waals surface area contributed by atoms with Gasteiger partial charge in [-0.3, -0.25) is 14.9 Å². The summed E-state index contributed by atoms with van der Waals surface area (Å²) in [6.45, 7) is 4.16. The Hall–Kier alpha value is -2.45. The van der Waals surface area contributed by atoms with Crippen molar-refractivity contribution in [2.24, 2.45) is 0 Å². The maximum atomic E-state index is 12.8. The summed E-state index contributed by atoms with van der Waals surface area (Å²) < 4.78 is 6.30. The Labute approximate surface area is 190 Å². The third kappa shape index (κ3) is 5.58. The van der Waals surface area contributed by atoms with E-state index in [4.69, 9.17) is 17.0 Å². The lowest BCUT2D eigenvalue weighted by Gasteiger charge is -2.18. The minimum atomic E-state index is -0.349. The van der Waals surface area contributed by atoms with Gasteiger partial charge in [-0.1, -0.05) is 19.1 Å². The molecule has 3 rings (SSSR count). The number of hydrogen-bond acceptors (Lipinski definition) is 4. The molecule has 2 N–H and O–H groups in total. The first kappa shape index (κ1) is 22.2. The van der Waals surface area contributed by atoms with Gasteiger partial charge in [0.1, 0.15) is 5.75 Å². The number of ether oxygens (including phenoxy) is 1. The van der Waals surface area contributed by atoms with Crippen molar-refractivity contribution in [1.29, 1.82) is 0 Å². The van der Waals surface area contributed by atoms with Crippen molar-refractivity contribution in [2.75, 3.05) is 25.0 Å². The Morgan fingerprint density at radius 1 is 1.17 bits per heavy atom. The predicted octanol–water partition coefficient (Wildman–Crippen LogP) is 4.60. The lowest BCUT2D eigenvalue weighted by atomic mass is 10.1. The molecule has 2 aromatic carbocycles. The molecule has 8 heteroatoms. The van der Waals surface area contributed by atoms with Crippen LogP contribution in [-0.2, 0) is 0 Å². The van der Waals surface area contributed by atoms with E-state index in [1.165, 1.54) is 0 Å². The molecule has 2 amide bonds. The maximum absolute atomic E-state index is 12.8. The molecule has 6 nitrogen and oxygen atoms in total. The third-order valence-electron chi connectivity index (χ3n) is 4.68. The number of hydrogen-bond donors (Lipinski definition) is 2. The Balaban J connectivity index is 1.65. The summed E-state index contributed by atoms with van der Waals surface area (Å²) in [5.74, 6) is 0.304. The zero-order chi connectivity index (χ0) is 21.5. The van der Waals surface area contributed by atoms with Crippen LogP contribution in [0.3, 0.4) is 0 Å². The lowest BCUT2D eigenvalue weighted by Crippen LogP contribution is -2.35. The number of anilines is 1. The fraction of sp³-hybridized carbons (Fsp3) is 0.318. The van der Waals surface area contributed by atoms with Crippen LogP contribution in [0.4, 0.5) is 5.69 Å². The summed E-state index contributed by atoms with van der Waals surface area (Å²) in [5.41, 5.74) is 1.55. The molecule has 1 heterocycles. The first-order valence-electron chi connectivity index (χ1n) is 9.92. The second kappa shape index (κ2) is 10.5. The summed E-state index contributed by atoms with van der Waals surface area (Å²) in [6, 6.07) is 12.3. The van der Waals surface area contributed by atoms with E-state index in [-0.39, 0.29) is 16.9 Å². The van der Waals surface area contributed by atoms with Gasteiger partial charge in [0.05, 0.1) is 22.3 Å². The monoisotopic (exact) mass is 489 g/mol. The molecule has 2 aromatic rings. The van der Waals surface area contributed by atoms with E-state index in [2.05, 4.69) is 26.6 Å². The molecule has 158 valence electrons. The summed E-state index contributed by atoms with van der Waals surface area (Å²) in [7, 11) is 0. The Morgan fingerprint density at radius 3 is 2.60 bits per heavy atom. The summed E-state index contributed by atoms with van der Waals surface area (Å²) in [4.78, 5) is 27.2. The van der Waals surface area contributed by atoms with Gasteiger partial charge < -0.3 is 15.0 Å².